The van der Waals surface area contributed by atoms with Crippen molar-refractivity contribution < 1.29 is 9.90 Å². The van der Waals surface area contributed by atoms with Crippen LogP contribution in [-0.4, -0.2) is 27.6 Å². The van der Waals surface area contributed by atoms with Gasteiger partial charge in [-0.1, -0.05) is 6.07 Å². The molecule has 0 unspecified atom stereocenters. The second-order valence-corrected chi connectivity index (χ2v) is 4.17. The van der Waals surface area contributed by atoms with E-state index in [4.69, 9.17) is 0 Å². The smallest absolute Gasteiger partial charge is 0.333 e. The summed E-state index contributed by atoms with van der Waals surface area (Å²) in [5, 5.41) is 9.19. The molecular weight excluding hydrogens is 242 g/mol. The number of carboxylic acids is 1. The molecule has 2 aromatic rings. The van der Waals surface area contributed by atoms with E-state index in [1.807, 2.05) is 24.3 Å². The quantitative estimate of drug-likeness (QED) is 0.887. The lowest BCUT2D eigenvalue weighted by Crippen LogP contribution is -2.28. The van der Waals surface area contributed by atoms with E-state index in [-0.39, 0.29) is 6.54 Å². The summed E-state index contributed by atoms with van der Waals surface area (Å²) in [6.07, 6.45) is 5.02. The topological polar surface area (TPSA) is 66.3 Å². The van der Waals surface area contributed by atoms with E-state index in [2.05, 4.69) is 9.97 Å². The van der Waals surface area contributed by atoms with Gasteiger partial charge in [-0.25, -0.2) is 14.8 Å². The molecule has 1 aliphatic rings. The predicted octanol–water partition coefficient (Wildman–Crippen LogP) is 2.10. The summed E-state index contributed by atoms with van der Waals surface area (Å²) in [5.74, 6) is 0.496. The third kappa shape index (κ3) is 2.06. The molecule has 0 saturated carbocycles. The molecule has 5 nitrogen and oxygen atoms in total. The van der Waals surface area contributed by atoms with Crippen molar-refractivity contribution >= 4 is 23.7 Å². The number of fused-ring (bicyclic) bond motifs is 1. The molecule has 0 saturated heterocycles. The fourth-order valence-electron chi connectivity index (χ4n) is 2.06. The van der Waals surface area contributed by atoms with Gasteiger partial charge in [-0.3, -0.25) is 0 Å². The van der Waals surface area contributed by atoms with Crippen molar-refractivity contribution in [2.75, 3.05) is 11.4 Å². The summed E-state index contributed by atoms with van der Waals surface area (Å²) in [6.45, 7) is 0.260. The standard InChI is InChI=1S/C14H11N3O2/c18-14(19)11-8-10-4-3-7-16-13(10)17(9-11)12-5-1-2-6-15-12/h1-8H,9H2,(H,18,19). The Labute approximate surface area is 109 Å². The van der Waals surface area contributed by atoms with Crippen LogP contribution >= 0.6 is 0 Å². The predicted molar refractivity (Wildman–Crippen MR) is 71.1 cm³/mol. The number of carboxylic acid groups (broad SMARTS) is 1. The zero-order valence-corrected chi connectivity index (χ0v) is 10.0. The molecule has 1 aliphatic heterocycles. The summed E-state index contributed by atoms with van der Waals surface area (Å²) in [6, 6.07) is 9.16. The molecule has 3 rings (SSSR count). The van der Waals surface area contributed by atoms with Crippen molar-refractivity contribution in [3.05, 3.63) is 53.9 Å². The molecule has 2 aromatic heterocycles. The normalized spacial score (nSPS) is 13.7. The van der Waals surface area contributed by atoms with E-state index in [1.165, 1.54) is 0 Å². The molecule has 19 heavy (non-hydrogen) atoms. The van der Waals surface area contributed by atoms with Crippen LogP contribution in [0.15, 0.2) is 48.3 Å². The number of nitrogens with zero attached hydrogens (tertiary/aromatic N) is 3. The third-order valence-electron chi connectivity index (χ3n) is 2.93. The van der Waals surface area contributed by atoms with Crippen LogP contribution in [0.3, 0.4) is 0 Å². The largest absolute Gasteiger partial charge is 0.478 e. The van der Waals surface area contributed by atoms with Gasteiger partial charge >= 0.3 is 5.97 Å². The maximum Gasteiger partial charge on any atom is 0.333 e. The Bertz CT molecular complexity index is 653. The average Bonchev–Trinajstić information content (AvgIpc) is 2.47. The van der Waals surface area contributed by atoms with Crippen LogP contribution in [-0.2, 0) is 4.79 Å². The number of aromatic nitrogens is 2. The van der Waals surface area contributed by atoms with Gasteiger partial charge < -0.3 is 10.0 Å². The van der Waals surface area contributed by atoms with Crippen LogP contribution in [0.2, 0.25) is 0 Å². The maximum absolute atomic E-state index is 11.2. The Morgan fingerprint density at radius 1 is 1.16 bits per heavy atom. The lowest BCUT2D eigenvalue weighted by Gasteiger charge is -2.27. The molecule has 0 aromatic carbocycles. The van der Waals surface area contributed by atoms with E-state index in [9.17, 15) is 9.90 Å². The lowest BCUT2D eigenvalue weighted by molar-refractivity contribution is -0.132. The molecule has 0 fully saturated rings. The molecule has 5 heteroatoms. The number of hydrogen-bond donors (Lipinski definition) is 1. The van der Waals surface area contributed by atoms with Gasteiger partial charge in [-0.15, -0.1) is 0 Å². The van der Waals surface area contributed by atoms with Gasteiger partial charge in [0.1, 0.15) is 11.6 Å². The van der Waals surface area contributed by atoms with Crippen molar-refractivity contribution in [1.29, 1.82) is 0 Å². The van der Waals surface area contributed by atoms with E-state index in [0.717, 1.165) is 11.4 Å². The van der Waals surface area contributed by atoms with E-state index in [1.54, 1.807) is 29.4 Å². The van der Waals surface area contributed by atoms with Crippen molar-refractivity contribution in [3.63, 3.8) is 0 Å². The fourth-order valence-corrected chi connectivity index (χ4v) is 2.06. The number of rotatable bonds is 2. The SMILES string of the molecule is O=C(O)C1=Cc2cccnc2N(c2ccccn2)C1. The van der Waals surface area contributed by atoms with Gasteiger partial charge in [-0.2, -0.15) is 0 Å². The van der Waals surface area contributed by atoms with Crippen molar-refractivity contribution in [2.24, 2.45) is 0 Å². The lowest BCUT2D eigenvalue weighted by atomic mass is 10.1. The molecule has 0 spiro atoms. The first kappa shape index (κ1) is 11.4. The first-order chi connectivity index (χ1) is 9.25. The van der Waals surface area contributed by atoms with Crippen molar-refractivity contribution in [3.8, 4) is 0 Å². The molecule has 94 valence electrons. The number of pyridine rings is 2. The summed E-state index contributed by atoms with van der Waals surface area (Å²) in [7, 11) is 0. The molecule has 1 N–H and O–H groups in total. The van der Waals surface area contributed by atoms with E-state index < -0.39 is 5.97 Å². The van der Waals surface area contributed by atoms with E-state index >= 15 is 0 Å². The van der Waals surface area contributed by atoms with Crippen LogP contribution in [0.5, 0.6) is 0 Å². The van der Waals surface area contributed by atoms with Crippen molar-refractivity contribution in [1.82, 2.24) is 9.97 Å². The summed E-state index contributed by atoms with van der Waals surface area (Å²) >= 11 is 0. The molecule has 3 heterocycles. The van der Waals surface area contributed by atoms with Crippen LogP contribution in [0, 0.1) is 0 Å². The Kier molecular flexibility index (Phi) is 2.72. The number of anilines is 2. The Hall–Kier alpha value is -2.69. The molecule has 0 radical (unpaired) electrons. The van der Waals surface area contributed by atoms with Gasteiger partial charge in [0.2, 0.25) is 0 Å². The highest BCUT2D eigenvalue weighted by molar-refractivity contribution is 5.96. The minimum atomic E-state index is -0.921. The van der Waals surface area contributed by atoms with Gasteiger partial charge in [-0.05, 0) is 30.3 Å². The van der Waals surface area contributed by atoms with E-state index in [0.29, 0.717) is 11.4 Å². The zero-order valence-electron chi connectivity index (χ0n) is 10.0. The highest BCUT2D eigenvalue weighted by Crippen LogP contribution is 2.31. The van der Waals surface area contributed by atoms with Crippen molar-refractivity contribution in [2.45, 2.75) is 0 Å². The monoisotopic (exact) mass is 253 g/mol. The number of carbonyl (C=O) groups is 1. The second-order valence-electron chi connectivity index (χ2n) is 4.17. The van der Waals surface area contributed by atoms with Gasteiger partial charge in [0, 0.05) is 18.0 Å². The molecule has 0 atom stereocenters. The van der Waals surface area contributed by atoms with Crippen LogP contribution in [0.25, 0.3) is 6.08 Å². The number of aliphatic carboxylic acids is 1. The van der Waals surface area contributed by atoms with Crippen LogP contribution in [0.4, 0.5) is 11.6 Å². The molecular formula is C14H11N3O2. The van der Waals surface area contributed by atoms with Crippen LogP contribution in [0.1, 0.15) is 5.56 Å². The highest BCUT2D eigenvalue weighted by atomic mass is 16.4. The first-order valence-corrected chi connectivity index (χ1v) is 5.83. The molecule has 0 bridgehead atoms. The zero-order chi connectivity index (χ0) is 13.2. The van der Waals surface area contributed by atoms with Gasteiger partial charge in [0.15, 0.2) is 0 Å². The Balaban J connectivity index is 2.12. The summed E-state index contributed by atoms with van der Waals surface area (Å²) < 4.78 is 0. The molecule has 0 aliphatic carbocycles. The Morgan fingerprint density at radius 2 is 2.00 bits per heavy atom. The molecule has 0 amide bonds. The summed E-state index contributed by atoms with van der Waals surface area (Å²) in [5.41, 5.74) is 1.11. The van der Waals surface area contributed by atoms with Gasteiger partial charge in [0.25, 0.3) is 0 Å². The maximum atomic E-state index is 11.2. The number of hydrogen-bond acceptors (Lipinski definition) is 4. The minimum Gasteiger partial charge on any atom is -0.478 e. The van der Waals surface area contributed by atoms with Gasteiger partial charge in [0.05, 0.1) is 12.1 Å². The Morgan fingerprint density at radius 3 is 2.74 bits per heavy atom. The van der Waals surface area contributed by atoms with Crippen LogP contribution < -0.4 is 4.90 Å². The first-order valence-electron chi connectivity index (χ1n) is 5.83. The minimum absolute atomic E-state index is 0.260. The highest BCUT2D eigenvalue weighted by Gasteiger charge is 2.24. The second kappa shape index (κ2) is 4.53. The summed E-state index contributed by atoms with van der Waals surface area (Å²) in [4.78, 5) is 21.6. The average molecular weight is 253 g/mol. The fraction of sp³-hybridized carbons (Fsp3) is 0.0714. The third-order valence-corrected chi connectivity index (χ3v) is 2.93.